The van der Waals surface area contributed by atoms with E-state index in [1.165, 1.54) is 18.5 Å². The van der Waals surface area contributed by atoms with Gasteiger partial charge in [-0.2, -0.15) is 0 Å². The molecule has 1 heterocycles. The van der Waals surface area contributed by atoms with Gasteiger partial charge in [-0.3, -0.25) is 0 Å². The summed E-state index contributed by atoms with van der Waals surface area (Å²) in [6.45, 7) is 4.42. The van der Waals surface area contributed by atoms with Crippen LogP contribution in [0.1, 0.15) is 62.9 Å². The Morgan fingerprint density at radius 2 is 2.00 bits per heavy atom. The first-order valence-electron chi connectivity index (χ1n) is 6.35. The third kappa shape index (κ3) is 2.34. The minimum absolute atomic E-state index is 0.505. The van der Waals surface area contributed by atoms with Crippen LogP contribution in [-0.2, 0) is 0 Å². The summed E-state index contributed by atoms with van der Waals surface area (Å²) in [4.78, 5) is 9.32. The molecule has 1 aromatic rings. The molecule has 0 radical (unpaired) electrons. The van der Waals surface area contributed by atoms with Crippen LogP contribution in [0.4, 0.5) is 5.82 Å². The van der Waals surface area contributed by atoms with Crippen molar-refractivity contribution in [3.05, 3.63) is 17.6 Å². The molecule has 0 atom stereocenters. The molecule has 0 unspecified atom stereocenters. The van der Waals surface area contributed by atoms with E-state index in [9.17, 15) is 0 Å². The zero-order valence-electron chi connectivity index (χ0n) is 10.5. The lowest BCUT2D eigenvalue weighted by Crippen LogP contribution is -2.07. The second kappa shape index (κ2) is 4.81. The van der Waals surface area contributed by atoms with Gasteiger partial charge in [0.25, 0.3) is 0 Å². The van der Waals surface area contributed by atoms with E-state index < -0.39 is 0 Å². The highest BCUT2D eigenvalue weighted by atomic mass is 15.0. The number of hydrogen-bond donors (Lipinski definition) is 1. The maximum absolute atomic E-state index is 4.73. The predicted octanol–water partition coefficient (Wildman–Crippen LogP) is 3.30. The van der Waals surface area contributed by atoms with Gasteiger partial charge in [0, 0.05) is 30.6 Å². The Morgan fingerprint density at radius 1 is 1.31 bits per heavy atom. The fourth-order valence-electron chi connectivity index (χ4n) is 2.04. The molecule has 0 aromatic carbocycles. The largest absolute Gasteiger partial charge is 0.373 e. The molecule has 1 fully saturated rings. The van der Waals surface area contributed by atoms with Gasteiger partial charge < -0.3 is 5.32 Å². The molecule has 2 rings (SSSR count). The van der Waals surface area contributed by atoms with Crippen LogP contribution in [-0.4, -0.2) is 17.0 Å². The Kier molecular flexibility index (Phi) is 3.42. The van der Waals surface area contributed by atoms with Gasteiger partial charge in [-0.1, -0.05) is 13.8 Å². The van der Waals surface area contributed by atoms with Crippen molar-refractivity contribution >= 4 is 5.82 Å². The summed E-state index contributed by atoms with van der Waals surface area (Å²) >= 11 is 0. The third-order valence-corrected chi connectivity index (χ3v) is 3.37. The Hall–Kier alpha value is -1.12. The first-order chi connectivity index (χ1) is 7.78. The van der Waals surface area contributed by atoms with Crippen LogP contribution < -0.4 is 5.32 Å². The molecule has 3 heteroatoms. The summed E-state index contributed by atoms with van der Waals surface area (Å²) in [6.07, 6.45) is 4.83. The second-order valence-electron chi connectivity index (χ2n) is 4.57. The first kappa shape index (κ1) is 11.4. The zero-order chi connectivity index (χ0) is 11.5. The number of hydrogen-bond acceptors (Lipinski definition) is 3. The van der Waals surface area contributed by atoms with Gasteiger partial charge in [-0.05, 0) is 25.7 Å². The molecule has 1 aliphatic rings. The Bertz CT molecular complexity index is 354. The average Bonchev–Trinajstić information content (AvgIpc) is 3.14. The van der Waals surface area contributed by atoms with E-state index in [0.29, 0.717) is 11.8 Å². The van der Waals surface area contributed by atoms with Gasteiger partial charge in [0.1, 0.15) is 11.6 Å². The predicted molar refractivity (Wildman–Crippen MR) is 66.9 cm³/mol. The SMILES string of the molecule is CCC(CC)c1nc(NC)cc(C2CC2)n1. The summed E-state index contributed by atoms with van der Waals surface area (Å²) in [5.74, 6) is 3.20. The molecule has 0 aliphatic heterocycles. The molecule has 1 saturated carbocycles. The number of rotatable bonds is 5. The fourth-order valence-corrected chi connectivity index (χ4v) is 2.04. The van der Waals surface area contributed by atoms with Gasteiger partial charge >= 0.3 is 0 Å². The topological polar surface area (TPSA) is 37.8 Å². The quantitative estimate of drug-likeness (QED) is 0.825. The average molecular weight is 219 g/mol. The van der Waals surface area contributed by atoms with Crippen molar-refractivity contribution in [2.24, 2.45) is 0 Å². The van der Waals surface area contributed by atoms with E-state index in [1.807, 2.05) is 7.05 Å². The van der Waals surface area contributed by atoms with Gasteiger partial charge in [0.2, 0.25) is 0 Å². The number of anilines is 1. The van der Waals surface area contributed by atoms with E-state index in [4.69, 9.17) is 4.98 Å². The van der Waals surface area contributed by atoms with Gasteiger partial charge in [0.15, 0.2) is 0 Å². The highest BCUT2D eigenvalue weighted by Gasteiger charge is 2.26. The third-order valence-electron chi connectivity index (χ3n) is 3.37. The highest BCUT2D eigenvalue weighted by molar-refractivity contribution is 5.37. The van der Waals surface area contributed by atoms with Crippen molar-refractivity contribution in [2.75, 3.05) is 12.4 Å². The molecule has 88 valence electrons. The lowest BCUT2D eigenvalue weighted by molar-refractivity contribution is 0.598. The highest BCUT2D eigenvalue weighted by Crippen LogP contribution is 2.40. The van der Waals surface area contributed by atoms with E-state index >= 15 is 0 Å². The molecule has 1 aliphatic carbocycles. The van der Waals surface area contributed by atoms with Crippen LogP contribution in [0.3, 0.4) is 0 Å². The molecular weight excluding hydrogens is 198 g/mol. The Balaban J connectivity index is 2.31. The second-order valence-corrected chi connectivity index (χ2v) is 4.57. The first-order valence-corrected chi connectivity index (χ1v) is 6.35. The fraction of sp³-hybridized carbons (Fsp3) is 0.692. The minimum Gasteiger partial charge on any atom is -0.373 e. The van der Waals surface area contributed by atoms with Crippen molar-refractivity contribution in [3.8, 4) is 0 Å². The van der Waals surface area contributed by atoms with Crippen molar-refractivity contribution in [3.63, 3.8) is 0 Å². The lowest BCUT2D eigenvalue weighted by Gasteiger charge is -2.13. The summed E-state index contributed by atoms with van der Waals surface area (Å²) < 4.78 is 0. The maximum atomic E-state index is 4.73. The van der Waals surface area contributed by atoms with Crippen molar-refractivity contribution in [2.45, 2.75) is 51.4 Å². The van der Waals surface area contributed by atoms with Crippen molar-refractivity contribution < 1.29 is 0 Å². The van der Waals surface area contributed by atoms with E-state index in [2.05, 4.69) is 30.2 Å². The Labute approximate surface area is 97.7 Å². The number of nitrogens with one attached hydrogen (secondary N) is 1. The van der Waals surface area contributed by atoms with Crippen LogP contribution in [0.5, 0.6) is 0 Å². The normalized spacial score (nSPS) is 15.5. The monoisotopic (exact) mass is 219 g/mol. The number of aromatic nitrogens is 2. The molecule has 16 heavy (non-hydrogen) atoms. The Morgan fingerprint density at radius 3 is 2.50 bits per heavy atom. The van der Waals surface area contributed by atoms with Crippen LogP contribution >= 0.6 is 0 Å². The van der Waals surface area contributed by atoms with Crippen LogP contribution in [0.25, 0.3) is 0 Å². The van der Waals surface area contributed by atoms with Crippen molar-refractivity contribution in [1.29, 1.82) is 0 Å². The molecule has 1 aromatic heterocycles. The van der Waals surface area contributed by atoms with E-state index in [0.717, 1.165) is 24.5 Å². The summed E-state index contributed by atoms with van der Waals surface area (Å²) in [7, 11) is 1.93. The van der Waals surface area contributed by atoms with Gasteiger partial charge in [-0.15, -0.1) is 0 Å². The van der Waals surface area contributed by atoms with Gasteiger partial charge in [0.05, 0.1) is 0 Å². The van der Waals surface area contributed by atoms with Crippen LogP contribution in [0, 0.1) is 0 Å². The summed E-state index contributed by atoms with van der Waals surface area (Å²) in [5, 5.41) is 3.14. The molecule has 3 nitrogen and oxygen atoms in total. The zero-order valence-corrected chi connectivity index (χ0v) is 10.5. The lowest BCUT2D eigenvalue weighted by atomic mass is 10.0. The molecule has 0 spiro atoms. The van der Waals surface area contributed by atoms with E-state index in [1.54, 1.807) is 0 Å². The van der Waals surface area contributed by atoms with Crippen LogP contribution in [0.2, 0.25) is 0 Å². The van der Waals surface area contributed by atoms with Gasteiger partial charge in [-0.25, -0.2) is 9.97 Å². The molecule has 0 saturated heterocycles. The number of nitrogens with zero attached hydrogens (tertiary/aromatic N) is 2. The maximum Gasteiger partial charge on any atom is 0.134 e. The smallest absolute Gasteiger partial charge is 0.134 e. The summed E-state index contributed by atoms with van der Waals surface area (Å²) in [6, 6.07) is 2.10. The standard InChI is InChI=1S/C13H21N3/c1-4-9(5-2)13-15-11(10-6-7-10)8-12(14-3)16-13/h8-10H,4-7H2,1-3H3,(H,14,15,16). The molecule has 1 N–H and O–H groups in total. The molecule has 0 amide bonds. The van der Waals surface area contributed by atoms with Crippen molar-refractivity contribution in [1.82, 2.24) is 9.97 Å². The molecular formula is C13H21N3. The summed E-state index contributed by atoms with van der Waals surface area (Å²) in [5.41, 5.74) is 1.24. The molecule has 0 bridgehead atoms. The minimum atomic E-state index is 0.505. The van der Waals surface area contributed by atoms with Crippen LogP contribution in [0.15, 0.2) is 6.07 Å². The van der Waals surface area contributed by atoms with E-state index in [-0.39, 0.29) is 0 Å².